The van der Waals surface area contributed by atoms with Gasteiger partial charge in [0.25, 0.3) is 0 Å². The Kier molecular flexibility index (Phi) is 37.3. The van der Waals surface area contributed by atoms with Crippen LogP contribution in [0.25, 0.3) is 0 Å². The number of carbonyl (C=O) groups excluding carboxylic acids is 1. The molecule has 0 aromatic rings. The van der Waals surface area contributed by atoms with E-state index in [1.54, 1.807) is 0 Å². The molecule has 0 aliphatic carbocycles. The van der Waals surface area contributed by atoms with Gasteiger partial charge in [0.05, 0.1) is 18.6 Å². The Bertz CT molecular complexity index is 779. The Morgan fingerprint density at radius 2 is 0.880 bits per heavy atom. The summed E-state index contributed by atoms with van der Waals surface area (Å²) < 4.78 is 5.43. The second kappa shape index (κ2) is 38.6. The van der Waals surface area contributed by atoms with Crippen LogP contribution in [0.3, 0.4) is 0 Å². The van der Waals surface area contributed by atoms with Crippen molar-refractivity contribution in [2.24, 2.45) is 0 Å². The molecule has 0 aliphatic rings. The Morgan fingerprint density at radius 3 is 1.28 bits per heavy atom. The van der Waals surface area contributed by atoms with E-state index in [0.29, 0.717) is 13.0 Å². The zero-order chi connectivity index (χ0) is 36.6. The number of allylic oxidation sites excluding steroid dienone is 8. The molecular formula is C46H85NO3. The first-order valence-corrected chi connectivity index (χ1v) is 21.6. The highest BCUT2D eigenvalue weighted by molar-refractivity contribution is 5.69. The number of nitrogens with zero attached hydrogens (tertiary/aromatic N) is 1. The molecule has 0 spiro atoms. The third-order valence-corrected chi connectivity index (χ3v) is 9.75. The lowest BCUT2D eigenvalue weighted by molar-refractivity contribution is -0.144. The van der Waals surface area contributed by atoms with E-state index < -0.39 is 5.60 Å². The smallest absolute Gasteiger partial charge is 0.307 e. The van der Waals surface area contributed by atoms with Crippen molar-refractivity contribution in [1.82, 2.24) is 4.90 Å². The molecule has 0 atom stereocenters. The first-order chi connectivity index (χ1) is 24.4. The van der Waals surface area contributed by atoms with Crippen molar-refractivity contribution in [3.63, 3.8) is 0 Å². The van der Waals surface area contributed by atoms with Gasteiger partial charge in [-0.05, 0) is 110 Å². The van der Waals surface area contributed by atoms with Crippen LogP contribution < -0.4 is 0 Å². The van der Waals surface area contributed by atoms with Crippen LogP contribution in [0.2, 0.25) is 0 Å². The van der Waals surface area contributed by atoms with Crippen LogP contribution in [-0.2, 0) is 9.53 Å². The van der Waals surface area contributed by atoms with Gasteiger partial charge in [-0.3, -0.25) is 4.79 Å². The van der Waals surface area contributed by atoms with E-state index in [9.17, 15) is 9.90 Å². The maximum atomic E-state index is 12.0. The van der Waals surface area contributed by atoms with Gasteiger partial charge in [-0.2, -0.15) is 0 Å². The number of esters is 1. The van der Waals surface area contributed by atoms with Gasteiger partial charge >= 0.3 is 5.97 Å². The van der Waals surface area contributed by atoms with Crippen molar-refractivity contribution in [1.29, 1.82) is 0 Å². The van der Waals surface area contributed by atoms with E-state index in [-0.39, 0.29) is 5.97 Å². The number of rotatable bonds is 38. The third kappa shape index (κ3) is 37.6. The van der Waals surface area contributed by atoms with Gasteiger partial charge in [-0.15, -0.1) is 0 Å². The molecule has 0 amide bonds. The molecule has 0 bridgehead atoms. The summed E-state index contributed by atoms with van der Waals surface area (Å²) in [7, 11) is 3.94. The SMILES string of the molecule is CCCCC/C=C\C/C=C\CCCCCCCCC(O)(CCCCCCCC/C=C\C/C=C\CCCCC)CCCCOC(=O)CCN(C)C. The van der Waals surface area contributed by atoms with E-state index in [1.165, 1.54) is 128 Å². The van der Waals surface area contributed by atoms with Gasteiger partial charge in [0.1, 0.15) is 0 Å². The van der Waals surface area contributed by atoms with E-state index in [2.05, 4.69) is 62.5 Å². The fourth-order valence-electron chi connectivity index (χ4n) is 6.39. The standard InChI is InChI=1S/C46H85NO3/c1-5-7-9-11-13-15-17-19-21-23-25-27-29-31-33-35-40-46(49,42-37-38-44-50-45(48)39-43-47(3)4)41-36-34-32-30-28-26-24-22-20-18-16-14-12-10-8-6-2/h13-16,19-22,49H,5-12,17-18,23-44H2,1-4H3/b15-13-,16-14-,21-19-,22-20-. The Balaban J connectivity index is 4.23. The summed E-state index contributed by atoms with van der Waals surface area (Å²) in [6.45, 7) is 5.71. The number of hydrogen-bond donors (Lipinski definition) is 1. The van der Waals surface area contributed by atoms with Crippen molar-refractivity contribution in [3.8, 4) is 0 Å². The molecule has 0 heterocycles. The van der Waals surface area contributed by atoms with Gasteiger partial charge in [-0.25, -0.2) is 0 Å². The quantitative estimate of drug-likeness (QED) is 0.0396. The molecule has 0 aromatic carbocycles. The van der Waals surface area contributed by atoms with E-state index >= 15 is 0 Å². The lowest BCUT2D eigenvalue weighted by atomic mass is 9.85. The van der Waals surface area contributed by atoms with Crippen LogP contribution in [0.4, 0.5) is 0 Å². The molecule has 0 unspecified atom stereocenters. The fourth-order valence-corrected chi connectivity index (χ4v) is 6.39. The molecule has 0 rings (SSSR count). The van der Waals surface area contributed by atoms with Gasteiger partial charge in [0.2, 0.25) is 0 Å². The highest BCUT2D eigenvalue weighted by Crippen LogP contribution is 2.29. The fraction of sp³-hybridized carbons (Fsp3) is 0.804. The van der Waals surface area contributed by atoms with Gasteiger partial charge in [0.15, 0.2) is 0 Å². The molecule has 0 aliphatic heterocycles. The van der Waals surface area contributed by atoms with E-state index in [1.807, 2.05) is 19.0 Å². The summed E-state index contributed by atoms with van der Waals surface area (Å²) in [6.07, 6.45) is 53.4. The number of hydrogen-bond acceptors (Lipinski definition) is 4. The normalized spacial score (nSPS) is 12.6. The van der Waals surface area contributed by atoms with Crippen molar-refractivity contribution < 1.29 is 14.6 Å². The molecule has 4 heteroatoms. The molecule has 4 nitrogen and oxygen atoms in total. The molecule has 0 aromatic heterocycles. The minimum atomic E-state index is -0.570. The molecule has 50 heavy (non-hydrogen) atoms. The average Bonchev–Trinajstić information content (AvgIpc) is 3.10. The summed E-state index contributed by atoms with van der Waals surface area (Å²) in [5.74, 6) is -0.114. The minimum absolute atomic E-state index is 0.114. The third-order valence-electron chi connectivity index (χ3n) is 9.75. The van der Waals surface area contributed by atoms with Crippen LogP contribution in [0, 0.1) is 0 Å². The average molecular weight is 700 g/mol. The Hall–Kier alpha value is -1.65. The van der Waals surface area contributed by atoms with Crippen LogP contribution in [0.5, 0.6) is 0 Å². The maximum absolute atomic E-state index is 12.0. The molecular weight excluding hydrogens is 615 g/mol. The minimum Gasteiger partial charge on any atom is -0.466 e. The summed E-state index contributed by atoms with van der Waals surface area (Å²) in [4.78, 5) is 14.0. The Labute approximate surface area is 312 Å². The van der Waals surface area contributed by atoms with Crippen molar-refractivity contribution in [3.05, 3.63) is 48.6 Å². The van der Waals surface area contributed by atoms with Crippen LogP contribution in [-0.4, -0.2) is 48.8 Å². The zero-order valence-electron chi connectivity index (χ0n) is 34.0. The predicted octanol–water partition coefficient (Wildman–Crippen LogP) is 13.8. The van der Waals surface area contributed by atoms with Gasteiger partial charge in [-0.1, -0.05) is 152 Å². The summed E-state index contributed by atoms with van der Waals surface area (Å²) in [6, 6.07) is 0. The van der Waals surface area contributed by atoms with Crippen molar-refractivity contribution in [2.45, 2.75) is 212 Å². The van der Waals surface area contributed by atoms with Gasteiger partial charge < -0.3 is 14.7 Å². The Morgan fingerprint density at radius 1 is 0.520 bits per heavy atom. The van der Waals surface area contributed by atoms with Crippen LogP contribution in [0.15, 0.2) is 48.6 Å². The van der Waals surface area contributed by atoms with Gasteiger partial charge in [0, 0.05) is 6.54 Å². The topological polar surface area (TPSA) is 49.8 Å². The summed E-state index contributed by atoms with van der Waals surface area (Å²) in [5.41, 5.74) is -0.570. The molecule has 1 N–H and O–H groups in total. The largest absolute Gasteiger partial charge is 0.466 e. The van der Waals surface area contributed by atoms with Crippen molar-refractivity contribution in [2.75, 3.05) is 27.2 Å². The molecule has 0 fully saturated rings. The second-order valence-corrected chi connectivity index (χ2v) is 15.1. The monoisotopic (exact) mass is 700 g/mol. The highest BCUT2D eigenvalue weighted by atomic mass is 16.5. The summed E-state index contributed by atoms with van der Waals surface area (Å²) >= 11 is 0. The zero-order valence-corrected chi connectivity index (χ0v) is 34.0. The second-order valence-electron chi connectivity index (χ2n) is 15.1. The first-order valence-electron chi connectivity index (χ1n) is 21.6. The number of carbonyl (C=O) groups is 1. The summed E-state index contributed by atoms with van der Waals surface area (Å²) in [5, 5.41) is 11.7. The molecule has 0 saturated heterocycles. The van der Waals surface area contributed by atoms with Crippen LogP contribution in [0.1, 0.15) is 206 Å². The van der Waals surface area contributed by atoms with Crippen LogP contribution >= 0.6 is 0 Å². The van der Waals surface area contributed by atoms with Crippen molar-refractivity contribution >= 4 is 5.97 Å². The van der Waals surface area contributed by atoms with E-state index in [0.717, 1.165) is 64.3 Å². The molecule has 0 saturated carbocycles. The predicted molar refractivity (Wildman–Crippen MR) is 221 cm³/mol. The maximum Gasteiger partial charge on any atom is 0.307 e. The number of ether oxygens (including phenoxy) is 1. The number of unbranched alkanes of at least 4 members (excludes halogenated alkanes) is 19. The highest BCUT2D eigenvalue weighted by Gasteiger charge is 2.25. The lowest BCUT2D eigenvalue weighted by Gasteiger charge is -2.28. The molecule has 292 valence electrons. The first kappa shape index (κ1) is 48.3. The number of aliphatic hydroxyl groups is 1. The lowest BCUT2D eigenvalue weighted by Crippen LogP contribution is -2.28. The van der Waals surface area contributed by atoms with E-state index in [4.69, 9.17) is 4.74 Å². The molecule has 0 radical (unpaired) electrons.